The highest BCUT2D eigenvalue weighted by Crippen LogP contribution is 2.28. The molecule has 3 aromatic heterocycles. The Bertz CT molecular complexity index is 1350. The molecule has 1 aromatic carbocycles. The second-order valence-electron chi connectivity index (χ2n) is 6.74. The quantitative estimate of drug-likeness (QED) is 0.426. The number of aromatic nitrogens is 4. The molecule has 3 heterocycles. The SMILES string of the molecule is Cc1cc(C)n(-c2cc(Oc3ccc(NS(=O)(=O)c4ccc(Cl)s4)cc3)nc(C)n2)n1. The van der Waals surface area contributed by atoms with Gasteiger partial charge in [0.2, 0.25) is 5.88 Å². The van der Waals surface area contributed by atoms with Crippen LogP contribution >= 0.6 is 22.9 Å². The topological polar surface area (TPSA) is 99.0 Å². The summed E-state index contributed by atoms with van der Waals surface area (Å²) < 4.78 is 35.5. The van der Waals surface area contributed by atoms with Crippen LogP contribution in [0.15, 0.2) is 52.7 Å². The van der Waals surface area contributed by atoms with Crippen LogP contribution in [-0.2, 0) is 10.0 Å². The molecule has 0 saturated carbocycles. The van der Waals surface area contributed by atoms with Crippen LogP contribution in [0.4, 0.5) is 5.69 Å². The smallest absolute Gasteiger partial charge is 0.271 e. The highest BCUT2D eigenvalue weighted by molar-refractivity contribution is 7.94. The third-order valence-electron chi connectivity index (χ3n) is 4.17. The first-order chi connectivity index (χ1) is 14.7. The van der Waals surface area contributed by atoms with E-state index in [-0.39, 0.29) is 4.21 Å². The number of benzene rings is 1. The maximum Gasteiger partial charge on any atom is 0.271 e. The van der Waals surface area contributed by atoms with Gasteiger partial charge in [-0.1, -0.05) is 11.6 Å². The van der Waals surface area contributed by atoms with Gasteiger partial charge >= 0.3 is 0 Å². The average molecular weight is 476 g/mol. The molecule has 0 aliphatic rings. The number of nitrogens with one attached hydrogen (secondary N) is 1. The van der Waals surface area contributed by atoms with Gasteiger partial charge in [-0.05, 0) is 63.2 Å². The third kappa shape index (κ3) is 4.87. The normalized spacial score (nSPS) is 11.5. The van der Waals surface area contributed by atoms with E-state index in [0.717, 1.165) is 22.7 Å². The Labute approximate surface area is 188 Å². The Morgan fingerprint density at radius 3 is 2.39 bits per heavy atom. The van der Waals surface area contributed by atoms with Gasteiger partial charge in [0.25, 0.3) is 10.0 Å². The molecule has 31 heavy (non-hydrogen) atoms. The van der Waals surface area contributed by atoms with E-state index in [1.54, 1.807) is 48.0 Å². The molecule has 0 radical (unpaired) electrons. The Morgan fingerprint density at radius 2 is 1.77 bits per heavy atom. The van der Waals surface area contributed by atoms with E-state index in [1.807, 2.05) is 19.9 Å². The first-order valence-electron chi connectivity index (χ1n) is 9.15. The summed E-state index contributed by atoms with van der Waals surface area (Å²) >= 11 is 6.82. The van der Waals surface area contributed by atoms with Crippen LogP contribution in [0.2, 0.25) is 4.34 Å². The first-order valence-corrected chi connectivity index (χ1v) is 11.8. The van der Waals surface area contributed by atoms with Crippen molar-refractivity contribution in [1.82, 2.24) is 19.7 Å². The van der Waals surface area contributed by atoms with Crippen molar-refractivity contribution >= 4 is 38.6 Å². The van der Waals surface area contributed by atoms with Gasteiger partial charge in [-0.3, -0.25) is 4.72 Å². The number of hydrogen-bond acceptors (Lipinski definition) is 7. The highest BCUT2D eigenvalue weighted by Gasteiger charge is 2.17. The van der Waals surface area contributed by atoms with Gasteiger partial charge in [0.05, 0.1) is 10.0 Å². The minimum atomic E-state index is -3.70. The number of aryl methyl sites for hydroxylation is 3. The summed E-state index contributed by atoms with van der Waals surface area (Å²) in [4.78, 5) is 8.75. The maximum absolute atomic E-state index is 12.4. The van der Waals surface area contributed by atoms with Crippen molar-refractivity contribution in [2.75, 3.05) is 4.72 Å². The fourth-order valence-electron chi connectivity index (χ4n) is 2.91. The number of anilines is 1. The van der Waals surface area contributed by atoms with E-state index in [9.17, 15) is 8.42 Å². The Balaban J connectivity index is 1.52. The molecule has 160 valence electrons. The Kier molecular flexibility index (Phi) is 5.69. The summed E-state index contributed by atoms with van der Waals surface area (Å²) in [5, 5.41) is 4.44. The van der Waals surface area contributed by atoms with Crippen LogP contribution in [0.3, 0.4) is 0 Å². The van der Waals surface area contributed by atoms with Gasteiger partial charge in [-0.2, -0.15) is 10.1 Å². The van der Waals surface area contributed by atoms with E-state index in [4.69, 9.17) is 16.3 Å². The largest absolute Gasteiger partial charge is 0.439 e. The predicted molar refractivity (Wildman–Crippen MR) is 120 cm³/mol. The van der Waals surface area contributed by atoms with Crippen molar-refractivity contribution in [2.24, 2.45) is 0 Å². The zero-order valence-corrected chi connectivity index (χ0v) is 19.2. The summed E-state index contributed by atoms with van der Waals surface area (Å²) in [6, 6.07) is 13.2. The zero-order valence-electron chi connectivity index (χ0n) is 16.8. The van der Waals surface area contributed by atoms with E-state index < -0.39 is 10.0 Å². The molecule has 11 heteroatoms. The Hall–Kier alpha value is -2.95. The molecule has 0 saturated heterocycles. The molecule has 0 atom stereocenters. The number of hydrogen-bond donors (Lipinski definition) is 1. The molecule has 0 bridgehead atoms. The van der Waals surface area contributed by atoms with Crippen molar-refractivity contribution < 1.29 is 13.2 Å². The van der Waals surface area contributed by atoms with Gasteiger partial charge in [-0.15, -0.1) is 11.3 Å². The number of nitrogens with zero attached hydrogens (tertiary/aromatic N) is 4. The molecule has 0 aliphatic heterocycles. The number of halogens is 1. The van der Waals surface area contributed by atoms with Gasteiger partial charge in [-0.25, -0.2) is 18.1 Å². The second kappa shape index (κ2) is 8.29. The monoisotopic (exact) mass is 475 g/mol. The van der Waals surface area contributed by atoms with Gasteiger partial charge in [0.1, 0.15) is 15.8 Å². The van der Waals surface area contributed by atoms with Crippen molar-refractivity contribution in [1.29, 1.82) is 0 Å². The summed E-state index contributed by atoms with van der Waals surface area (Å²) in [5.41, 5.74) is 2.24. The van der Waals surface area contributed by atoms with E-state index in [2.05, 4.69) is 19.8 Å². The molecular weight excluding hydrogens is 458 g/mol. The standard InChI is InChI=1S/C20H18ClN5O3S2/c1-12-10-13(2)26(24-12)18-11-19(23-14(3)22-18)29-16-6-4-15(5-7-16)25-31(27,28)20-9-8-17(21)30-20/h4-11,25H,1-3H3. The van der Waals surface area contributed by atoms with Crippen LogP contribution in [-0.4, -0.2) is 28.2 Å². The molecular formula is C20H18ClN5O3S2. The van der Waals surface area contributed by atoms with Gasteiger partial charge in [0, 0.05) is 17.4 Å². The summed E-state index contributed by atoms with van der Waals surface area (Å²) in [7, 11) is -3.70. The fraction of sp³-hybridized carbons (Fsp3) is 0.150. The molecule has 1 N–H and O–H groups in total. The third-order valence-corrected chi connectivity index (χ3v) is 7.27. The van der Waals surface area contributed by atoms with Crippen LogP contribution in [0.25, 0.3) is 5.82 Å². The van der Waals surface area contributed by atoms with Crippen LogP contribution in [0, 0.1) is 20.8 Å². The fourth-order valence-corrected chi connectivity index (χ4v) is 5.45. The minimum absolute atomic E-state index is 0.144. The summed E-state index contributed by atoms with van der Waals surface area (Å²) in [6.45, 7) is 5.64. The molecule has 0 spiro atoms. The molecule has 8 nitrogen and oxygen atoms in total. The van der Waals surface area contributed by atoms with E-state index >= 15 is 0 Å². The highest BCUT2D eigenvalue weighted by atomic mass is 35.5. The minimum Gasteiger partial charge on any atom is -0.439 e. The van der Waals surface area contributed by atoms with Crippen LogP contribution in [0.1, 0.15) is 17.2 Å². The van der Waals surface area contributed by atoms with Crippen molar-refractivity contribution in [3.63, 3.8) is 0 Å². The molecule has 0 amide bonds. The lowest BCUT2D eigenvalue weighted by Gasteiger charge is -2.10. The molecule has 0 aliphatic carbocycles. The van der Waals surface area contributed by atoms with Crippen LogP contribution in [0.5, 0.6) is 11.6 Å². The van der Waals surface area contributed by atoms with Crippen molar-refractivity contribution in [2.45, 2.75) is 25.0 Å². The Morgan fingerprint density at radius 1 is 1.03 bits per heavy atom. The average Bonchev–Trinajstić information content (AvgIpc) is 3.28. The summed E-state index contributed by atoms with van der Waals surface area (Å²) in [6.07, 6.45) is 0. The molecule has 0 unspecified atom stereocenters. The second-order valence-corrected chi connectivity index (χ2v) is 10.4. The molecule has 0 fully saturated rings. The lowest BCUT2D eigenvalue weighted by atomic mass is 10.3. The number of thiophene rings is 1. The van der Waals surface area contributed by atoms with Gasteiger partial charge in [0.15, 0.2) is 5.82 Å². The number of ether oxygens (including phenoxy) is 1. The van der Waals surface area contributed by atoms with Crippen LogP contribution < -0.4 is 9.46 Å². The zero-order chi connectivity index (χ0) is 22.2. The summed E-state index contributed by atoms with van der Waals surface area (Å²) in [5.74, 6) is 2.00. The number of sulfonamides is 1. The van der Waals surface area contributed by atoms with Crippen molar-refractivity contribution in [3.8, 4) is 17.4 Å². The lowest BCUT2D eigenvalue weighted by Crippen LogP contribution is -2.11. The maximum atomic E-state index is 12.4. The predicted octanol–water partition coefficient (Wildman–Crippen LogP) is 4.90. The van der Waals surface area contributed by atoms with Crippen molar-refractivity contribution in [3.05, 3.63) is 70.1 Å². The van der Waals surface area contributed by atoms with E-state index in [1.165, 1.54) is 6.07 Å². The van der Waals surface area contributed by atoms with E-state index in [0.29, 0.717) is 33.3 Å². The molecule has 4 aromatic rings. The van der Waals surface area contributed by atoms with Gasteiger partial charge < -0.3 is 4.74 Å². The number of rotatable bonds is 6. The molecule has 4 rings (SSSR count). The first kappa shape index (κ1) is 21.3. The lowest BCUT2D eigenvalue weighted by molar-refractivity contribution is 0.459.